The highest BCUT2D eigenvalue weighted by Gasteiger charge is 2.49. The maximum atomic E-state index is 5.54. The third-order valence-corrected chi connectivity index (χ3v) is 13.9. The minimum atomic E-state index is -0.557. The number of hydrogen-bond donors (Lipinski definition) is 0. The molecule has 2 aliphatic rings. The molecule has 0 unspecified atom stereocenters. The molecule has 67 heavy (non-hydrogen) atoms. The summed E-state index contributed by atoms with van der Waals surface area (Å²) in [5, 5.41) is 0. The highest BCUT2D eigenvalue weighted by atomic mass is 14.9. The molecule has 1 aromatic heterocycles. The highest BCUT2D eigenvalue weighted by molar-refractivity contribution is 5.98. The molecule has 1 heterocycles. The van der Waals surface area contributed by atoms with E-state index in [1.807, 2.05) is 0 Å². The van der Waals surface area contributed by atoms with Crippen molar-refractivity contribution in [1.29, 1.82) is 0 Å². The van der Waals surface area contributed by atoms with E-state index >= 15 is 0 Å². The summed E-state index contributed by atoms with van der Waals surface area (Å²) in [7, 11) is 0. The molecule has 0 radical (unpaired) electrons. The molecule has 0 fully saturated rings. The Bertz CT molecular complexity index is 3560. The SMILES string of the molecule is c1ccc(-c2cc(-c3ccccc3)cc(-c3cc(-c4ccc5c(c4)-c4ccccc4C54c5ccccc5-c5ccccc5-c5ccccc54)nc(-c4ccccc4-c4ccccc4)n3)c2)cc1. The summed E-state index contributed by atoms with van der Waals surface area (Å²) in [5.74, 6) is 0.681. The van der Waals surface area contributed by atoms with Crippen molar-refractivity contribution in [2.45, 2.75) is 5.41 Å². The predicted octanol–water partition coefficient (Wildman–Crippen LogP) is 16.5. The number of nitrogens with zero attached hydrogens (tertiary/aromatic N) is 2. The van der Waals surface area contributed by atoms with Crippen LogP contribution in [0, 0.1) is 0 Å². The number of fused-ring (bicyclic) bond motifs is 12. The van der Waals surface area contributed by atoms with Crippen LogP contribution in [0.3, 0.4) is 0 Å². The standard InChI is InChI=1S/C65H42N2/c1-4-20-43(21-5-1)47-38-48(44-22-6-2-7-23-44)40-49(39-47)63-42-62(66-64(67-63)56-32-13-10-26-50(56)45-24-8-3-9-25-45)46-36-37-61-57(41-46)55-31-16-19-35-60(55)65(61)58-33-17-14-29-53(58)51-27-11-12-28-52(51)54-30-15-18-34-59(54)65/h1-42H. The Kier molecular flexibility index (Phi) is 9.11. The lowest BCUT2D eigenvalue weighted by Gasteiger charge is -2.35. The molecule has 13 rings (SSSR count). The molecule has 0 saturated heterocycles. The average Bonchev–Trinajstić information content (AvgIpc) is 3.65. The van der Waals surface area contributed by atoms with E-state index in [4.69, 9.17) is 9.97 Å². The smallest absolute Gasteiger partial charge is 0.161 e. The van der Waals surface area contributed by atoms with Gasteiger partial charge in [0.25, 0.3) is 0 Å². The lowest BCUT2D eigenvalue weighted by molar-refractivity contribution is 0.775. The quantitative estimate of drug-likeness (QED) is 0.167. The lowest BCUT2D eigenvalue weighted by Crippen LogP contribution is -2.29. The third-order valence-electron chi connectivity index (χ3n) is 13.9. The Morgan fingerprint density at radius 2 is 0.582 bits per heavy atom. The van der Waals surface area contributed by atoms with Crippen molar-refractivity contribution < 1.29 is 0 Å². The van der Waals surface area contributed by atoms with E-state index in [-0.39, 0.29) is 0 Å². The summed E-state index contributed by atoms with van der Waals surface area (Å²) >= 11 is 0. The zero-order valence-electron chi connectivity index (χ0n) is 36.6. The van der Waals surface area contributed by atoms with Crippen LogP contribution < -0.4 is 0 Å². The third kappa shape index (κ3) is 6.26. The Morgan fingerprint density at radius 1 is 0.209 bits per heavy atom. The summed E-state index contributed by atoms with van der Waals surface area (Å²) in [6.07, 6.45) is 0. The largest absolute Gasteiger partial charge is 0.228 e. The molecule has 0 saturated carbocycles. The molecule has 10 aromatic carbocycles. The first-order valence-electron chi connectivity index (χ1n) is 23.1. The van der Waals surface area contributed by atoms with Gasteiger partial charge in [-0.2, -0.15) is 0 Å². The molecule has 2 nitrogen and oxygen atoms in total. The molecule has 2 aliphatic carbocycles. The van der Waals surface area contributed by atoms with Crippen molar-refractivity contribution in [3.63, 3.8) is 0 Å². The number of benzene rings is 10. The van der Waals surface area contributed by atoms with Crippen LogP contribution in [0.1, 0.15) is 22.3 Å². The minimum Gasteiger partial charge on any atom is -0.228 e. The van der Waals surface area contributed by atoms with E-state index in [0.29, 0.717) is 5.82 Å². The number of rotatable bonds is 6. The van der Waals surface area contributed by atoms with E-state index < -0.39 is 5.41 Å². The zero-order chi connectivity index (χ0) is 44.3. The molecule has 0 N–H and O–H groups in total. The van der Waals surface area contributed by atoms with Gasteiger partial charge in [-0.05, 0) is 119 Å². The van der Waals surface area contributed by atoms with Crippen LogP contribution in [0.15, 0.2) is 255 Å². The molecule has 0 aliphatic heterocycles. The van der Waals surface area contributed by atoms with E-state index in [9.17, 15) is 0 Å². The molecule has 1 spiro atoms. The van der Waals surface area contributed by atoms with Gasteiger partial charge < -0.3 is 0 Å². The number of aromatic nitrogens is 2. The summed E-state index contributed by atoms with van der Waals surface area (Å²) in [6, 6.07) is 92.6. The van der Waals surface area contributed by atoms with Crippen LogP contribution in [0.5, 0.6) is 0 Å². The van der Waals surface area contributed by atoms with Crippen molar-refractivity contribution in [2.24, 2.45) is 0 Å². The molecular formula is C65H42N2. The van der Waals surface area contributed by atoms with Gasteiger partial charge in [-0.25, -0.2) is 9.97 Å². The van der Waals surface area contributed by atoms with Crippen LogP contribution in [-0.2, 0) is 5.41 Å². The van der Waals surface area contributed by atoms with Crippen LogP contribution >= 0.6 is 0 Å². The van der Waals surface area contributed by atoms with Crippen LogP contribution in [0.4, 0.5) is 0 Å². The first-order valence-corrected chi connectivity index (χ1v) is 23.1. The summed E-state index contributed by atoms with van der Waals surface area (Å²) in [6.45, 7) is 0. The molecule has 2 heteroatoms. The van der Waals surface area contributed by atoms with Crippen molar-refractivity contribution >= 4 is 0 Å². The zero-order valence-corrected chi connectivity index (χ0v) is 36.6. The first kappa shape index (κ1) is 38.7. The topological polar surface area (TPSA) is 25.8 Å². The fourth-order valence-electron chi connectivity index (χ4n) is 11.0. The highest BCUT2D eigenvalue weighted by Crippen LogP contribution is 2.61. The summed E-state index contributed by atoms with van der Waals surface area (Å²) in [5.41, 5.74) is 23.6. The van der Waals surface area contributed by atoms with Gasteiger partial charge in [-0.1, -0.05) is 224 Å². The van der Waals surface area contributed by atoms with Gasteiger partial charge in [0.05, 0.1) is 16.8 Å². The maximum absolute atomic E-state index is 5.54. The van der Waals surface area contributed by atoms with Crippen LogP contribution in [0.25, 0.3) is 101 Å². The normalized spacial score (nSPS) is 12.6. The first-order chi connectivity index (χ1) is 33.2. The second-order valence-corrected chi connectivity index (χ2v) is 17.6. The van der Waals surface area contributed by atoms with Gasteiger partial charge in [0.2, 0.25) is 0 Å². The van der Waals surface area contributed by atoms with Gasteiger partial charge in [0, 0.05) is 16.7 Å². The van der Waals surface area contributed by atoms with Crippen LogP contribution in [-0.4, -0.2) is 9.97 Å². The fraction of sp³-hybridized carbons (Fsp3) is 0.0154. The van der Waals surface area contributed by atoms with Gasteiger partial charge >= 0.3 is 0 Å². The van der Waals surface area contributed by atoms with E-state index in [2.05, 4.69) is 255 Å². The molecule has 0 amide bonds. The Labute approximate surface area is 391 Å². The Hall–Kier alpha value is -8.72. The average molecular weight is 851 g/mol. The summed E-state index contributed by atoms with van der Waals surface area (Å²) < 4.78 is 0. The molecule has 11 aromatic rings. The van der Waals surface area contributed by atoms with Gasteiger partial charge in [0.1, 0.15) is 0 Å². The second kappa shape index (κ2) is 15.8. The van der Waals surface area contributed by atoms with Crippen molar-refractivity contribution in [2.75, 3.05) is 0 Å². The maximum Gasteiger partial charge on any atom is 0.161 e. The van der Waals surface area contributed by atoms with E-state index in [1.165, 1.54) is 55.6 Å². The fourth-order valence-corrected chi connectivity index (χ4v) is 11.0. The lowest BCUT2D eigenvalue weighted by atomic mass is 9.66. The second-order valence-electron chi connectivity index (χ2n) is 17.6. The van der Waals surface area contributed by atoms with Gasteiger partial charge in [0.15, 0.2) is 5.82 Å². The van der Waals surface area contributed by atoms with Crippen molar-refractivity contribution in [1.82, 2.24) is 9.97 Å². The minimum absolute atomic E-state index is 0.557. The Balaban J connectivity index is 1.06. The van der Waals surface area contributed by atoms with Crippen LogP contribution in [0.2, 0.25) is 0 Å². The van der Waals surface area contributed by atoms with E-state index in [0.717, 1.165) is 61.5 Å². The number of hydrogen-bond acceptors (Lipinski definition) is 2. The predicted molar refractivity (Wildman–Crippen MR) is 276 cm³/mol. The van der Waals surface area contributed by atoms with Gasteiger partial charge in [-0.3, -0.25) is 0 Å². The van der Waals surface area contributed by atoms with Gasteiger partial charge in [-0.15, -0.1) is 0 Å². The molecule has 0 bridgehead atoms. The van der Waals surface area contributed by atoms with Crippen molar-refractivity contribution in [3.05, 3.63) is 277 Å². The Morgan fingerprint density at radius 3 is 1.10 bits per heavy atom. The summed E-state index contributed by atoms with van der Waals surface area (Å²) in [4.78, 5) is 11.0. The monoisotopic (exact) mass is 850 g/mol. The van der Waals surface area contributed by atoms with E-state index in [1.54, 1.807) is 0 Å². The molecule has 312 valence electrons. The molecule has 0 atom stereocenters. The molecular weight excluding hydrogens is 809 g/mol. The van der Waals surface area contributed by atoms with Crippen molar-refractivity contribution in [3.8, 4) is 101 Å².